The van der Waals surface area contributed by atoms with Gasteiger partial charge in [-0.15, -0.1) is 0 Å². The second kappa shape index (κ2) is 9.38. The highest BCUT2D eigenvalue weighted by Crippen LogP contribution is 2.46. The van der Waals surface area contributed by atoms with Crippen LogP contribution in [-0.2, 0) is 16.1 Å². The number of anilines is 1. The molecule has 0 spiro atoms. The zero-order chi connectivity index (χ0) is 22.5. The van der Waals surface area contributed by atoms with E-state index in [4.69, 9.17) is 4.74 Å². The first-order valence-electron chi connectivity index (χ1n) is 9.81. The lowest BCUT2D eigenvalue weighted by Gasteiger charge is -2.30. The summed E-state index contributed by atoms with van der Waals surface area (Å²) in [6.45, 7) is -0.148. The molecular weight excluding hydrogens is 411 g/mol. The summed E-state index contributed by atoms with van der Waals surface area (Å²) >= 11 is 0. The Kier molecular flexibility index (Phi) is 6.84. The van der Waals surface area contributed by atoms with Crippen LogP contribution in [0.3, 0.4) is 0 Å². The number of nitrogens with one attached hydrogen (secondary N) is 2. The standard InChI is InChI=1S/C22H24F3N3O3/c1-26-19(29)14-31-18-9-5-8-17(12-18)27-20(30)21(22(23,24)25)10-11-28(15-21)13-16-6-3-2-4-7-16/h2-9,12H,10-11,13-15H2,1H3,(H,26,29)(H,27,30). The minimum Gasteiger partial charge on any atom is -0.484 e. The van der Waals surface area contributed by atoms with Crippen molar-refractivity contribution in [2.45, 2.75) is 19.1 Å². The molecule has 2 aromatic rings. The molecule has 31 heavy (non-hydrogen) atoms. The number of likely N-dealkylation sites (N-methyl/N-ethyl adjacent to an activating group) is 1. The molecule has 1 heterocycles. The van der Waals surface area contributed by atoms with E-state index >= 15 is 0 Å². The van der Waals surface area contributed by atoms with E-state index in [0.717, 1.165) is 5.56 Å². The smallest absolute Gasteiger partial charge is 0.404 e. The van der Waals surface area contributed by atoms with E-state index in [-0.39, 0.29) is 36.9 Å². The summed E-state index contributed by atoms with van der Waals surface area (Å²) in [7, 11) is 1.46. The van der Waals surface area contributed by atoms with Gasteiger partial charge in [0.2, 0.25) is 5.91 Å². The highest BCUT2D eigenvalue weighted by Gasteiger charge is 2.62. The summed E-state index contributed by atoms with van der Waals surface area (Å²) in [6.07, 6.45) is -5.02. The second-order valence-electron chi connectivity index (χ2n) is 7.47. The van der Waals surface area contributed by atoms with E-state index in [2.05, 4.69) is 10.6 Å². The SMILES string of the molecule is CNC(=O)COc1cccc(NC(=O)C2(C(F)(F)F)CCN(Cc3ccccc3)C2)c1. The molecule has 2 aromatic carbocycles. The third-order valence-electron chi connectivity index (χ3n) is 5.32. The number of likely N-dealkylation sites (tertiary alicyclic amines) is 1. The predicted molar refractivity (Wildman–Crippen MR) is 109 cm³/mol. The van der Waals surface area contributed by atoms with Gasteiger partial charge in [-0.2, -0.15) is 13.2 Å². The minimum atomic E-state index is -4.70. The summed E-state index contributed by atoms with van der Waals surface area (Å²) in [6, 6.07) is 15.1. The predicted octanol–water partition coefficient (Wildman–Crippen LogP) is 3.20. The van der Waals surface area contributed by atoms with Gasteiger partial charge in [0.1, 0.15) is 5.75 Å². The van der Waals surface area contributed by atoms with Crippen molar-refractivity contribution in [3.63, 3.8) is 0 Å². The maximum absolute atomic E-state index is 14.1. The summed E-state index contributed by atoms with van der Waals surface area (Å²) in [5.74, 6) is -1.19. The number of halogens is 3. The lowest BCUT2D eigenvalue weighted by atomic mass is 9.85. The summed E-state index contributed by atoms with van der Waals surface area (Å²) in [5.41, 5.74) is -1.44. The van der Waals surface area contributed by atoms with Gasteiger partial charge in [0.05, 0.1) is 0 Å². The number of carbonyl (C=O) groups is 2. The van der Waals surface area contributed by atoms with Crippen LogP contribution in [0.2, 0.25) is 0 Å². The monoisotopic (exact) mass is 435 g/mol. The molecule has 166 valence electrons. The molecule has 1 aliphatic rings. The second-order valence-corrected chi connectivity index (χ2v) is 7.47. The molecule has 0 aromatic heterocycles. The zero-order valence-corrected chi connectivity index (χ0v) is 17.0. The van der Waals surface area contributed by atoms with Crippen molar-refractivity contribution in [3.05, 3.63) is 60.2 Å². The van der Waals surface area contributed by atoms with Crippen LogP contribution in [0.25, 0.3) is 0 Å². The third kappa shape index (κ3) is 5.35. The molecule has 1 unspecified atom stereocenters. The number of nitrogens with zero attached hydrogens (tertiary/aromatic N) is 1. The van der Waals surface area contributed by atoms with Crippen LogP contribution in [0.4, 0.5) is 18.9 Å². The van der Waals surface area contributed by atoms with Gasteiger partial charge in [-0.3, -0.25) is 14.5 Å². The maximum Gasteiger partial charge on any atom is 0.404 e. The van der Waals surface area contributed by atoms with Gasteiger partial charge in [-0.25, -0.2) is 0 Å². The number of hydrogen-bond donors (Lipinski definition) is 2. The molecule has 0 saturated carbocycles. The number of carbonyl (C=O) groups excluding carboxylic acids is 2. The fourth-order valence-electron chi connectivity index (χ4n) is 3.55. The van der Waals surface area contributed by atoms with Crippen molar-refractivity contribution in [2.75, 3.05) is 32.1 Å². The Morgan fingerprint density at radius 2 is 1.87 bits per heavy atom. The number of rotatable bonds is 7. The van der Waals surface area contributed by atoms with E-state index in [9.17, 15) is 22.8 Å². The molecule has 1 atom stereocenters. The lowest BCUT2D eigenvalue weighted by molar-refractivity contribution is -0.215. The number of hydrogen-bond acceptors (Lipinski definition) is 4. The summed E-state index contributed by atoms with van der Waals surface area (Å²) in [5, 5.41) is 4.79. The molecule has 0 aliphatic carbocycles. The molecule has 0 bridgehead atoms. The number of amides is 2. The molecular formula is C22H24F3N3O3. The molecule has 1 saturated heterocycles. The van der Waals surface area contributed by atoms with Gasteiger partial charge >= 0.3 is 6.18 Å². The normalized spacial score (nSPS) is 19.1. The molecule has 2 amide bonds. The molecule has 6 nitrogen and oxygen atoms in total. The highest BCUT2D eigenvalue weighted by molar-refractivity contribution is 5.96. The van der Waals surface area contributed by atoms with Crippen molar-refractivity contribution >= 4 is 17.5 Å². The van der Waals surface area contributed by atoms with E-state index in [0.29, 0.717) is 6.54 Å². The fourth-order valence-corrected chi connectivity index (χ4v) is 3.55. The molecule has 2 N–H and O–H groups in total. The Labute approximate surface area is 178 Å². The van der Waals surface area contributed by atoms with Crippen LogP contribution < -0.4 is 15.4 Å². The van der Waals surface area contributed by atoms with Gasteiger partial charge in [0.25, 0.3) is 5.91 Å². The Morgan fingerprint density at radius 1 is 1.13 bits per heavy atom. The van der Waals surface area contributed by atoms with Crippen LogP contribution in [-0.4, -0.2) is 49.6 Å². The topological polar surface area (TPSA) is 70.7 Å². The first-order valence-corrected chi connectivity index (χ1v) is 9.81. The lowest BCUT2D eigenvalue weighted by Crippen LogP contribution is -2.49. The van der Waals surface area contributed by atoms with E-state index in [1.165, 1.54) is 25.2 Å². The zero-order valence-electron chi connectivity index (χ0n) is 17.0. The molecule has 0 radical (unpaired) electrons. The Bertz CT molecular complexity index is 921. The average molecular weight is 435 g/mol. The largest absolute Gasteiger partial charge is 0.484 e. The van der Waals surface area contributed by atoms with Crippen LogP contribution in [0.1, 0.15) is 12.0 Å². The Hall–Kier alpha value is -3.07. The summed E-state index contributed by atoms with van der Waals surface area (Å²) in [4.78, 5) is 25.8. The van der Waals surface area contributed by atoms with Crippen LogP contribution >= 0.6 is 0 Å². The molecule has 3 rings (SSSR count). The number of benzene rings is 2. The Balaban J connectivity index is 1.72. The average Bonchev–Trinajstić information content (AvgIpc) is 3.18. The van der Waals surface area contributed by atoms with Crippen LogP contribution in [0.15, 0.2) is 54.6 Å². The van der Waals surface area contributed by atoms with Crippen LogP contribution in [0.5, 0.6) is 5.75 Å². The van der Waals surface area contributed by atoms with Crippen molar-refractivity contribution in [1.29, 1.82) is 0 Å². The van der Waals surface area contributed by atoms with Crippen molar-refractivity contribution in [1.82, 2.24) is 10.2 Å². The molecule has 9 heteroatoms. The molecule has 1 fully saturated rings. The van der Waals surface area contributed by atoms with Gasteiger partial charge in [-0.1, -0.05) is 36.4 Å². The first-order chi connectivity index (χ1) is 14.7. The first kappa shape index (κ1) is 22.6. The van der Waals surface area contributed by atoms with Gasteiger partial charge in [0.15, 0.2) is 12.0 Å². The number of ether oxygens (including phenoxy) is 1. The van der Waals surface area contributed by atoms with E-state index in [1.807, 2.05) is 30.3 Å². The van der Waals surface area contributed by atoms with E-state index < -0.39 is 24.0 Å². The Morgan fingerprint density at radius 3 is 2.55 bits per heavy atom. The van der Waals surface area contributed by atoms with E-state index in [1.54, 1.807) is 11.0 Å². The van der Waals surface area contributed by atoms with Gasteiger partial charge in [-0.05, 0) is 30.7 Å². The fraction of sp³-hybridized carbons (Fsp3) is 0.364. The molecule has 1 aliphatic heterocycles. The maximum atomic E-state index is 14.1. The third-order valence-corrected chi connectivity index (χ3v) is 5.32. The highest BCUT2D eigenvalue weighted by atomic mass is 19.4. The van der Waals surface area contributed by atoms with Gasteiger partial charge < -0.3 is 15.4 Å². The quantitative estimate of drug-likeness (QED) is 0.701. The minimum absolute atomic E-state index is 0.164. The van der Waals surface area contributed by atoms with Gasteiger partial charge in [0, 0.05) is 31.9 Å². The van der Waals surface area contributed by atoms with Crippen molar-refractivity contribution in [2.24, 2.45) is 5.41 Å². The van der Waals surface area contributed by atoms with Crippen molar-refractivity contribution < 1.29 is 27.5 Å². The van der Waals surface area contributed by atoms with Crippen LogP contribution in [0, 0.1) is 5.41 Å². The van der Waals surface area contributed by atoms with Crippen molar-refractivity contribution in [3.8, 4) is 5.75 Å². The summed E-state index contributed by atoms with van der Waals surface area (Å²) < 4.78 is 47.4. The number of alkyl halides is 3.